The van der Waals surface area contributed by atoms with Crippen molar-refractivity contribution in [2.24, 2.45) is 0 Å². The normalized spacial score (nSPS) is 10.6. The minimum absolute atomic E-state index is 0.887. The largest absolute Gasteiger partial charge is 0.0619 e. The van der Waals surface area contributed by atoms with Crippen molar-refractivity contribution in [3.63, 3.8) is 0 Å². The zero-order valence-corrected chi connectivity index (χ0v) is 13.9. The van der Waals surface area contributed by atoms with Crippen LogP contribution in [0.25, 0.3) is 22.3 Å². The first-order valence-electron chi connectivity index (χ1n) is 8.52. The summed E-state index contributed by atoms with van der Waals surface area (Å²) in [6.45, 7) is 0. The van der Waals surface area contributed by atoms with Gasteiger partial charge in [-0.15, -0.1) is 0 Å². The van der Waals surface area contributed by atoms with Gasteiger partial charge in [-0.05, 0) is 51.9 Å². The smallest absolute Gasteiger partial charge is 0.00135 e. The summed E-state index contributed by atoms with van der Waals surface area (Å²) in [5.41, 5.74) is 7.40. The maximum atomic E-state index is 3.35. The first-order chi connectivity index (χ1) is 12.4. The van der Waals surface area contributed by atoms with E-state index < -0.39 is 0 Å². The summed E-state index contributed by atoms with van der Waals surface area (Å²) in [6, 6.07) is 40.2. The Morgan fingerprint density at radius 2 is 0.920 bits per heavy atom. The van der Waals surface area contributed by atoms with E-state index in [9.17, 15) is 0 Å². The molecule has 4 aromatic carbocycles. The van der Waals surface area contributed by atoms with Gasteiger partial charge >= 0.3 is 0 Å². The zero-order chi connectivity index (χ0) is 16.9. The number of hydrogen-bond acceptors (Lipinski definition) is 0. The molecule has 4 aromatic rings. The molecule has 2 radical (unpaired) electrons. The van der Waals surface area contributed by atoms with E-state index in [2.05, 4.69) is 84.9 Å². The molecule has 118 valence electrons. The van der Waals surface area contributed by atoms with E-state index in [4.69, 9.17) is 0 Å². The molecule has 0 saturated carbocycles. The van der Waals surface area contributed by atoms with Crippen LogP contribution in [0.5, 0.6) is 0 Å². The Morgan fingerprint density at radius 3 is 1.36 bits per heavy atom. The summed E-state index contributed by atoms with van der Waals surface area (Å²) < 4.78 is 0. The van der Waals surface area contributed by atoms with Crippen LogP contribution >= 0.6 is 0 Å². The Hall–Kier alpha value is -3.12. The Morgan fingerprint density at radius 1 is 0.480 bits per heavy atom. The van der Waals surface area contributed by atoms with Crippen LogP contribution in [-0.2, 0) is 6.42 Å². The quantitative estimate of drug-likeness (QED) is 0.419. The summed E-state index contributed by atoms with van der Waals surface area (Å²) in [6.07, 6.45) is 0.887. The molecule has 0 heterocycles. The molecule has 0 aliphatic carbocycles. The molecule has 0 N–H and O–H groups in total. The molecular weight excluding hydrogens is 300 g/mol. The molecule has 0 aromatic heterocycles. The second-order valence-corrected chi connectivity index (χ2v) is 6.04. The average molecular weight is 318 g/mol. The Balaban J connectivity index is 1.76. The van der Waals surface area contributed by atoms with E-state index in [1.807, 2.05) is 24.3 Å². The van der Waals surface area contributed by atoms with E-state index in [0.29, 0.717) is 0 Å². The van der Waals surface area contributed by atoms with Crippen LogP contribution in [0, 0.1) is 12.1 Å². The highest BCUT2D eigenvalue weighted by Crippen LogP contribution is 2.29. The van der Waals surface area contributed by atoms with Gasteiger partial charge in [0.25, 0.3) is 0 Å². The standard InChI is InChI=1S/C25H18/c1-3-11-20(12-4-1)24-17-9-7-15-22(24)19-23-16-8-10-18-25(23)21-13-5-2-6-14-21/h1-11,13,15-18H,19H2. The highest BCUT2D eigenvalue weighted by molar-refractivity contribution is 5.71. The maximum absolute atomic E-state index is 3.35. The van der Waals surface area contributed by atoms with Crippen LogP contribution in [-0.4, -0.2) is 0 Å². The molecule has 4 rings (SSSR count). The van der Waals surface area contributed by atoms with Gasteiger partial charge in [-0.2, -0.15) is 0 Å². The van der Waals surface area contributed by atoms with Crippen molar-refractivity contribution in [3.8, 4) is 22.3 Å². The average Bonchev–Trinajstić information content (AvgIpc) is 2.70. The maximum Gasteiger partial charge on any atom is -0.00135 e. The van der Waals surface area contributed by atoms with Gasteiger partial charge in [-0.1, -0.05) is 97.1 Å². The third-order valence-electron chi connectivity index (χ3n) is 4.41. The van der Waals surface area contributed by atoms with Gasteiger partial charge in [0.2, 0.25) is 0 Å². The van der Waals surface area contributed by atoms with E-state index in [1.165, 1.54) is 22.3 Å². The van der Waals surface area contributed by atoms with Crippen molar-refractivity contribution in [1.29, 1.82) is 0 Å². The van der Waals surface area contributed by atoms with Gasteiger partial charge in [0.15, 0.2) is 0 Å². The lowest BCUT2D eigenvalue weighted by atomic mass is 9.91. The summed E-state index contributed by atoms with van der Waals surface area (Å²) in [4.78, 5) is 0. The molecule has 0 spiro atoms. The molecule has 0 aliphatic rings. The first-order valence-corrected chi connectivity index (χ1v) is 8.52. The van der Waals surface area contributed by atoms with Gasteiger partial charge in [0, 0.05) is 0 Å². The summed E-state index contributed by atoms with van der Waals surface area (Å²) in [5, 5.41) is 0. The summed E-state index contributed by atoms with van der Waals surface area (Å²) >= 11 is 0. The highest BCUT2D eigenvalue weighted by atomic mass is 14.1. The number of hydrogen-bond donors (Lipinski definition) is 0. The predicted molar refractivity (Wildman–Crippen MR) is 104 cm³/mol. The minimum atomic E-state index is 0.887. The lowest BCUT2D eigenvalue weighted by molar-refractivity contribution is 1.20. The summed E-state index contributed by atoms with van der Waals surface area (Å²) in [7, 11) is 0. The molecule has 0 heteroatoms. The molecule has 0 bridgehead atoms. The van der Waals surface area contributed by atoms with Crippen LogP contribution in [0.2, 0.25) is 0 Å². The molecule has 0 amide bonds. The van der Waals surface area contributed by atoms with E-state index in [-0.39, 0.29) is 0 Å². The molecule has 0 atom stereocenters. The third-order valence-corrected chi connectivity index (χ3v) is 4.41. The van der Waals surface area contributed by atoms with Crippen LogP contribution in [0.15, 0.2) is 97.1 Å². The van der Waals surface area contributed by atoms with Gasteiger partial charge in [-0.3, -0.25) is 0 Å². The number of rotatable bonds is 4. The lowest BCUT2D eigenvalue weighted by Gasteiger charge is -2.13. The predicted octanol–water partition coefficient (Wildman–Crippen LogP) is 6.21. The number of benzene rings is 4. The van der Waals surface area contributed by atoms with Crippen LogP contribution in [0.4, 0.5) is 0 Å². The minimum Gasteiger partial charge on any atom is -0.0619 e. The fourth-order valence-electron chi connectivity index (χ4n) is 3.20. The molecule has 25 heavy (non-hydrogen) atoms. The van der Waals surface area contributed by atoms with Gasteiger partial charge in [-0.25, -0.2) is 0 Å². The van der Waals surface area contributed by atoms with E-state index in [1.54, 1.807) is 0 Å². The van der Waals surface area contributed by atoms with E-state index in [0.717, 1.165) is 17.5 Å². The van der Waals surface area contributed by atoms with Crippen LogP contribution in [0.1, 0.15) is 11.1 Å². The Labute approximate surface area is 149 Å². The second kappa shape index (κ2) is 7.19. The fraction of sp³-hybridized carbons (Fsp3) is 0.0400. The van der Waals surface area contributed by atoms with Crippen molar-refractivity contribution in [2.45, 2.75) is 6.42 Å². The second-order valence-electron chi connectivity index (χ2n) is 6.04. The SMILES string of the molecule is [c]1ccccc1-c1ccccc1Cc1ccccc1-c1[c]cccc1. The molecule has 0 aliphatic heterocycles. The van der Waals surface area contributed by atoms with Crippen molar-refractivity contribution in [3.05, 3.63) is 120 Å². The molecule has 0 saturated heterocycles. The molecule has 0 unspecified atom stereocenters. The topological polar surface area (TPSA) is 0 Å². The monoisotopic (exact) mass is 318 g/mol. The highest BCUT2D eigenvalue weighted by Gasteiger charge is 2.09. The van der Waals surface area contributed by atoms with Gasteiger partial charge in [0.1, 0.15) is 0 Å². The lowest BCUT2D eigenvalue weighted by Crippen LogP contribution is -1.95. The van der Waals surface area contributed by atoms with Crippen molar-refractivity contribution in [2.75, 3.05) is 0 Å². The third kappa shape index (κ3) is 3.39. The molecular formula is C25H18. The zero-order valence-electron chi connectivity index (χ0n) is 13.9. The molecule has 0 fully saturated rings. The van der Waals surface area contributed by atoms with E-state index >= 15 is 0 Å². The summed E-state index contributed by atoms with van der Waals surface area (Å²) in [5.74, 6) is 0. The van der Waals surface area contributed by atoms with Crippen LogP contribution in [0.3, 0.4) is 0 Å². The van der Waals surface area contributed by atoms with Gasteiger partial charge in [0.05, 0.1) is 0 Å². The first kappa shape index (κ1) is 15.4. The van der Waals surface area contributed by atoms with Crippen molar-refractivity contribution >= 4 is 0 Å². The van der Waals surface area contributed by atoms with Crippen molar-refractivity contribution < 1.29 is 0 Å². The fourth-order valence-corrected chi connectivity index (χ4v) is 3.20. The Bertz CT molecular complexity index is 872. The van der Waals surface area contributed by atoms with Gasteiger partial charge < -0.3 is 0 Å². The van der Waals surface area contributed by atoms with Crippen molar-refractivity contribution in [1.82, 2.24) is 0 Å². The van der Waals surface area contributed by atoms with Crippen LogP contribution < -0.4 is 0 Å². The molecule has 0 nitrogen and oxygen atoms in total. The Kier molecular flexibility index (Phi) is 4.43.